The number of fused-ring (bicyclic) bond motifs is 4. The Morgan fingerprint density at radius 1 is 0.707 bits per heavy atom. The summed E-state index contributed by atoms with van der Waals surface area (Å²) in [5, 5.41) is 16.0. The lowest BCUT2D eigenvalue weighted by Crippen LogP contribution is -2.67. The van der Waals surface area contributed by atoms with E-state index in [4.69, 9.17) is 15.1 Å². The maximum atomic E-state index is 12.7. The Kier molecular flexibility index (Phi) is 11.2. The van der Waals surface area contributed by atoms with Crippen molar-refractivity contribution >= 4 is 31.8 Å². The van der Waals surface area contributed by atoms with Gasteiger partial charge in [0.05, 0.1) is 10.5 Å². The van der Waals surface area contributed by atoms with Crippen LogP contribution in [0.25, 0.3) is 0 Å². The lowest BCUT2D eigenvalue weighted by atomic mass is 9.63. The van der Waals surface area contributed by atoms with E-state index in [1.54, 1.807) is 0 Å². The highest BCUT2D eigenvalue weighted by molar-refractivity contribution is 7.90. The largest absolute Gasteiger partial charge is 0.387 e. The van der Waals surface area contributed by atoms with Gasteiger partial charge >= 0.3 is 6.03 Å². The Hall–Kier alpha value is -3.22. The minimum absolute atomic E-state index is 0.154. The smallest absolute Gasteiger partial charge is 0.332 e. The third kappa shape index (κ3) is 8.03. The molecule has 12 nitrogen and oxygen atoms in total. The molecule has 0 radical (unpaired) electrons. The number of nitrogens with two attached hydrogens (primary N) is 1. The van der Waals surface area contributed by atoms with Crippen molar-refractivity contribution in [2.24, 2.45) is 16.0 Å². The molecule has 316 valence electrons. The summed E-state index contributed by atoms with van der Waals surface area (Å²) < 4.78 is 55.0. The standard InChI is InChI=1S/C22H31N3O3S.C13H13NO.C9H18N2O2S/c1-14(2)25-12-22(13-25)10-17(11-22)29(27,28)24-21(26)23-20-18-7-3-5-15(18)9-16-6-4-8-19(16)20;14-8-15-13-11-5-1-3-9(11)7-10-4-2-6-12(10)13;1-7(2)11-5-9(6-11)3-8(4-9)14(10,12)13/h9,14,17H,3-8,10-13H2,1-2H3,(H2,23,24,26);7H,1-6H2;7-8H,3-6H2,1-2H3,(H2,10,12,13). The molecule has 2 aliphatic heterocycles. The van der Waals surface area contributed by atoms with Gasteiger partial charge in [-0.15, -0.1) is 5.26 Å². The fraction of sp³-hybridized carbons (Fsp3) is 0.682. The number of hydrogen-bond acceptors (Lipinski definition) is 9. The number of nitrogens with one attached hydrogen (secondary N) is 2. The molecule has 2 amide bonds. The molecule has 4 fully saturated rings. The van der Waals surface area contributed by atoms with E-state index < -0.39 is 31.3 Å². The van der Waals surface area contributed by atoms with Crippen LogP contribution in [0.5, 0.6) is 5.75 Å². The first-order valence-corrected chi connectivity index (χ1v) is 24.9. The average molecular weight is 835 g/mol. The molecule has 58 heavy (non-hydrogen) atoms. The number of rotatable bonds is 7. The van der Waals surface area contributed by atoms with Crippen molar-refractivity contribution in [3.63, 3.8) is 0 Å². The molecule has 2 saturated carbocycles. The molecule has 6 aliphatic carbocycles. The first-order valence-electron chi connectivity index (χ1n) is 21.7. The first kappa shape index (κ1) is 41.5. The number of ether oxygens (including phenoxy) is 1. The molecule has 0 atom stereocenters. The van der Waals surface area contributed by atoms with Crippen LogP contribution in [0, 0.1) is 22.3 Å². The van der Waals surface area contributed by atoms with E-state index >= 15 is 0 Å². The number of primary sulfonamides is 1. The lowest BCUT2D eigenvalue weighted by molar-refractivity contribution is -0.0734. The van der Waals surface area contributed by atoms with E-state index in [0.717, 1.165) is 115 Å². The predicted octanol–water partition coefficient (Wildman–Crippen LogP) is 5.66. The number of urea groups is 1. The molecule has 14 heteroatoms. The zero-order valence-electron chi connectivity index (χ0n) is 34.8. The fourth-order valence-corrected chi connectivity index (χ4v) is 14.2. The average Bonchev–Trinajstić information content (AvgIpc) is 3.89. The van der Waals surface area contributed by atoms with Crippen molar-refractivity contribution in [3.05, 3.63) is 56.6 Å². The molecule has 2 saturated heterocycles. The van der Waals surface area contributed by atoms with Crippen LogP contribution in [0.3, 0.4) is 0 Å². The van der Waals surface area contributed by atoms with Crippen LogP contribution in [0.1, 0.15) is 124 Å². The number of benzene rings is 2. The van der Waals surface area contributed by atoms with Crippen LogP contribution in [-0.4, -0.2) is 81.4 Å². The van der Waals surface area contributed by atoms with Gasteiger partial charge in [0.25, 0.3) is 6.26 Å². The third-order valence-electron chi connectivity index (χ3n) is 14.7. The summed E-state index contributed by atoms with van der Waals surface area (Å²) in [6.07, 6.45) is 17.8. The highest BCUT2D eigenvalue weighted by Gasteiger charge is 2.57. The maximum Gasteiger partial charge on any atom is 0.332 e. The summed E-state index contributed by atoms with van der Waals surface area (Å²) in [6.45, 7) is 12.7. The number of likely N-dealkylation sites (tertiary alicyclic amines) is 2. The van der Waals surface area contributed by atoms with Crippen molar-refractivity contribution in [2.45, 2.75) is 153 Å². The number of carbonyl (C=O) groups is 1. The molecule has 2 heterocycles. The van der Waals surface area contributed by atoms with E-state index in [-0.39, 0.29) is 10.7 Å². The number of carbonyl (C=O) groups excluding carboxylic acids is 1. The van der Waals surface area contributed by atoms with Gasteiger partial charge in [-0.2, -0.15) is 0 Å². The van der Waals surface area contributed by atoms with E-state index in [1.165, 1.54) is 57.3 Å². The number of hydrogen-bond donors (Lipinski definition) is 3. The van der Waals surface area contributed by atoms with Gasteiger partial charge < -0.3 is 10.1 Å². The number of nitrogens with zero attached hydrogens (tertiary/aromatic N) is 3. The van der Waals surface area contributed by atoms with Gasteiger partial charge in [-0.05, 0) is 186 Å². The van der Waals surface area contributed by atoms with Crippen molar-refractivity contribution in [1.82, 2.24) is 14.5 Å². The summed E-state index contributed by atoms with van der Waals surface area (Å²) >= 11 is 0. The van der Waals surface area contributed by atoms with E-state index in [9.17, 15) is 21.6 Å². The van der Waals surface area contributed by atoms with Crippen molar-refractivity contribution in [1.29, 1.82) is 5.26 Å². The molecule has 0 bridgehead atoms. The molecular formula is C44H62N6O6S2. The highest BCUT2D eigenvalue weighted by Crippen LogP contribution is 2.52. The van der Waals surface area contributed by atoms with Crippen LogP contribution in [0.4, 0.5) is 10.5 Å². The number of anilines is 1. The third-order valence-corrected chi connectivity index (χ3v) is 17.6. The molecule has 0 aromatic heterocycles. The zero-order chi connectivity index (χ0) is 41.2. The molecule has 2 spiro atoms. The van der Waals surface area contributed by atoms with Crippen LogP contribution >= 0.6 is 0 Å². The summed E-state index contributed by atoms with van der Waals surface area (Å²) in [5.41, 5.74) is 11.8. The molecular weight excluding hydrogens is 773 g/mol. The molecule has 4 N–H and O–H groups in total. The van der Waals surface area contributed by atoms with E-state index in [1.807, 2.05) is 6.26 Å². The van der Waals surface area contributed by atoms with Gasteiger partial charge in [-0.25, -0.2) is 31.5 Å². The van der Waals surface area contributed by atoms with Crippen LogP contribution < -0.4 is 19.9 Å². The summed E-state index contributed by atoms with van der Waals surface area (Å²) in [5.74, 6) is 0.903. The monoisotopic (exact) mass is 834 g/mol. The van der Waals surface area contributed by atoms with Gasteiger partial charge in [-0.1, -0.05) is 12.1 Å². The SMILES string of the molecule is CC(C)N1CC2(CC(S(=O)(=O)NC(=O)Nc3c4c(cc5c3CCC5)CCC4)C2)C1.CC(C)N1CC2(CC(S(N)(=O)=O)C2)C1.N#COc1c2c(cc3c1CCC3)CCC2. The van der Waals surface area contributed by atoms with E-state index in [0.29, 0.717) is 30.3 Å². The fourth-order valence-electron chi connectivity index (χ4n) is 11.4. The van der Waals surface area contributed by atoms with Crippen molar-refractivity contribution < 1.29 is 26.4 Å². The van der Waals surface area contributed by atoms with E-state index in [2.05, 4.69) is 59.7 Å². The molecule has 0 unspecified atom stereocenters. The second-order valence-electron chi connectivity index (χ2n) is 19.4. The Balaban J connectivity index is 0.000000135. The molecule has 2 aromatic carbocycles. The topological polar surface area (TPSA) is 175 Å². The van der Waals surface area contributed by atoms with Crippen LogP contribution in [-0.2, 0) is 71.4 Å². The number of nitriles is 1. The van der Waals surface area contributed by atoms with Crippen molar-refractivity contribution in [3.8, 4) is 12.0 Å². The summed E-state index contributed by atoms with van der Waals surface area (Å²) in [4.78, 5) is 17.4. The number of amides is 2. The molecule has 10 rings (SSSR count). The minimum atomic E-state index is -3.64. The second-order valence-corrected chi connectivity index (χ2v) is 23.2. The number of aryl methyl sites for hydroxylation is 4. The van der Waals surface area contributed by atoms with Gasteiger partial charge in [-0.3, -0.25) is 9.80 Å². The normalized spacial score (nSPS) is 22.5. The summed E-state index contributed by atoms with van der Waals surface area (Å²) in [6, 6.07) is 5.13. The van der Waals surface area contributed by atoms with Gasteiger partial charge in [0.2, 0.25) is 20.0 Å². The Labute approximate surface area is 345 Å². The van der Waals surface area contributed by atoms with Crippen LogP contribution in [0.15, 0.2) is 12.1 Å². The summed E-state index contributed by atoms with van der Waals surface area (Å²) in [7, 11) is -6.91. The lowest BCUT2D eigenvalue weighted by Gasteiger charge is -2.59. The zero-order valence-corrected chi connectivity index (χ0v) is 36.4. The number of sulfonamides is 2. The maximum absolute atomic E-state index is 12.7. The van der Waals surface area contributed by atoms with Gasteiger partial charge in [0.1, 0.15) is 5.75 Å². The molecule has 2 aromatic rings. The Morgan fingerprint density at radius 2 is 1.10 bits per heavy atom. The minimum Gasteiger partial charge on any atom is -0.387 e. The van der Waals surface area contributed by atoms with Crippen molar-refractivity contribution in [2.75, 3.05) is 31.5 Å². The Bertz CT molecular complexity index is 2140. The second kappa shape index (κ2) is 15.7. The quantitative estimate of drug-likeness (QED) is 0.298. The Morgan fingerprint density at radius 3 is 1.50 bits per heavy atom. The highest BCUT2D eigenvalue weighted by atomic mass is 32.2. The van der Waals surface area contributed by atoms with Gasteiger partial charge in [0.15, 0.2) is 0 Å². The van der Waals surface area contributed by atoms with Crippen LogP contribution in [0.2, 0.25) is 0 Å². The van der Waals surface area contributed by atoms with Gasteiger partial charge in [0, 0.05) is 44.0 Å². The first-order chi connectivity index (χ1) is 27.5. The predicted molar refractivity (Wildman–Crippen MR) is 226 cm³/mol. The molecule has 8 aliphatic rings.